The molecule has 4 fully saturated rings. The van der Waals surface area contributed by atoms with Gasteiger partial charge in [-0.1, -0.05) is 30.3 Å². The van der Waals surface area contributed by atoms with Gasteiger partial charge in [0, 0.05) is 6.54 Å². The zero-order chi connectivity index (χ0) is 14.1. The number of hydrogen-bond donors (Lipinski definition) is 1. The first-order valence-electron chi connectivity index (χ1n) is 9.06. The summed E-state index contributed by atoms with van der Waals surface area (Å²) >= 11 is 0. The van der Waals surface area contributed by atoms with Crippen LogP contribution in [0.1, 0.15) is 56.9 Å². The van der Waals surface area contributed by atoms with Gasteiger partial charge in [-0.3, -0.25) is 0 Å². The fraction of sp³-hybridized carbons (Fsp3) is 0.700. The van der Waals surface area contributed by atoms with Crippen LogP contribution in [0.5, 0.6) is 0 Å². The Balaban J connectivity index is 0.00000144. The highest BCUT2D eigenvalue weighted by molar-refractivity contribution is 5.85. The lowest BCUT2D eigenvalue weighted by molar-refractivity contribution is -0.0580. The summed E-state index contributed by atoms with van der Waals surface area (Å²) in [4.78, 5) is 0. The van der Waals surface area contributed by atoms with Crippen LogP contribution < -0.4 is 5.32 Å². The summed E-state index contributed by atoms with van der Waals surface area (Å²) in [6.07, 6.45) is 12.3. The van der Waals surface area contributed by atoms with Crippen LogP contribution in [0.15, 0.2) is 30.3 Å². The van der Waals surface area contributed by atoms with Crippen molar-refractivity contribution in [1.29, 1.82) is 0 Å². The molecule has 22 heavy (non-hydrogen) atoms. The average Bonchev–Trinajstić information content (AvgIpc) is 2.46. The fourth-order valence-electron chi connectivity index (χ4n) is 6.01. The number of benzene rings is 1. The minimum absolute atomic E-state index is 0. The Morgan fingerprint density at radius 1 is 0.909 bits per heavy atom. The van der Waals surface area contributed by atoms with Crippen LogP contribution in [0.4, 0.5) is 0 Å². The first kappa shape index (κ1) is 16.3. The van der Waals surface area contributed by atoms with Gasteiger partial charge in [-0.2, -0.15) is 0 Å². The van der Waals surface area contributed by atoms with Crippen LogP contribution in [0.25, 0.3) is 0 Å². The molecule has 4 aliphatic rings. The Hall–Kier alpha value is -0.530. The maximum Gasteiger partial charge on any atom is 0.0205 e. The predicted octanol–water partition coefficient (Wildman–Crippen LogP) is 5.19. The van der Waals surface area contributed by atoms with E-state index in [4.69, 9.17) is 0 Å². The number of hydrogen-bond acceptors (Lipinski definition) is 1. The standard InChI is InChI=1S/C20H29N.ClH/c1-2-5-16(6-3-1)15-21-8-4-7-20-12-17-9-18(13-20)11-19(10-17)14-20;/h1-3,5-6,17-19,21H,4,7-15H2;1H. The molecule has 0 heterocycles. The molecule has 1 aromatic rings. The summed E-state index contributed by atoms with van der Waals surface area (Å²) in [5, 5.41) is 3.63. The van der Waals surface area contributed by atoms with Crippen molar-refractivity contribution in [3.05, 3.63) is 35.9 Å². The molecule has 0 unspecified atom stereocenters. The highest BCUT2D eigenvalue weighted by Crippen LogP contribution is 2.61. The second-order valence-corrected chi connectivity index (χ2v) is 8.18. The molecule has 0 amide bonds. The van der Waals surface area contributed by atoms with Crippen LogP contribution in [-0.4, -0.2) is 6.54 Å². The number of nitrogens with one attached hydrogen (secondary N) is 1. The molecule has 122 valence electrons. The van der Waals surface area contributed by atoms with E-state index < -0.39 is 0 Å². The second kappa shape index (κ2) is 6.93. The molecule has 0 aliphatic heterocycles. The molecule has 0 spiro atoms. The monoisotopic (exact) mass is 319 g/mol. The molecule has 1 nitrogen and oxygen atoms in total. The van der Waals surface area contributed by atoms with Gasteiger partial charge in [0.25, 0.3) is 0 Å². The maximum absolute atomic E-state index is 3.63. The Labute approximate surface area is 141 Å². The minimum atomic E-state index is 0. The van der Waals surface area contributed by atoms with Gasteiger partial charge in [0.05, 0.1) is 0 Å². The van der Waals surface area contributed by atoms with E-state index in [0.717, 1.165) is 29.7 Å². The summed E-state index contributed by atoms with van der Waals surface area (Å²) in [5.74, 6) is 3.32. The third-order valence-corrected chi connectivity index (χ3v) is 6.40. The van der Waals surface area contributed by atoms with E-state index in [9.17, 15) is 0 Å². The van der Waals surface area contributed by atoms with Gasteiger partial charge in [0.1, 0.15) is 0 Å². The van der Waals surface area contributed by atoms with Crippen LogP contribution in [-0.2, 0) is 6.54 Å². The lowest BCUT2D eigenvalue weighted by Gasteiger charge is -2.57. The first-order valence-corrected chi connectivity index (χ1v) is 9.06. The normalized spacial score (nSPS) is 35.4. The van der Waals surface area contributed by atoms with Crippen LogP contribution in [0.2, 0.25) is 0 Å². The van der Waals surface area contributed by atoms with E-state index in [0.29, 0.717) is 0 Å². The van der Waals surface area contributed by atoms with Crippen molar-refractivity contribution < 1.29 is 0 Å². The van der Waals surface area contributed by atoms with Gasteiger partial charge >= 0.3 is 0 Å². The van der Waals surface area contributed by atoms with Crippen LogP contribution >= 0.6 is 12.4 Å². The lowest BCUT2D eigenvalue weighted by atomic mass is 9.48. The Morgan fingerprint density at radius 2 is 1.50 bits per heavy atom. The van der Waals surface area contributed by atoms with Crippen molar-refractivity contribution >= 4 is 12.4 Å². The van der Waals surface area contributed by atoms with E-state index in [1.165, 1.54) is 24.9 Å². The average molecular weight is 320 g/mol. The van der Waals surface area contributed by atoms with Gasteiger partial charge < -0.3 is 5.32 Å². The zero-order valence-corrected chi connectivity index (χ0v) is 14.4. The molecule has 1 aromatic carbocycles. The molecule has 2 heteroatoms. The molecule has 4 saturated carbocycles. The molecule has 5 rings (SSSR count). The van der Waals surface area contributed by atoms with Crippen molar-refractivity contribution in [2.45, 2.75) is 57.9 Å². The van der Waals surface area contributed by atoms with E-state index in [1.807, 2.05) is 0 Å². The molecule has 0 saturated heterocycles. The molecular formula is C20H30ClN. The predicted molar refractivity (Wildman–Crippen MR) is 95.2 cm³/mol. The fourth-order valence-corrected chi connectivity index (χ4v) is 6.01. The van der Waals surface area contributed by atoms with Gasteiger partial charge in [-0.25, -0.2) is 0 Å². The van der Waals surface area contributed by atoms with Crippen molar-refractivity contribution in [2.75, 3.05) is 6.54 Å². The topological polar surface area (TPSA) is 12.0 Å². The highest BCUT2D eigenvalue weighted by Gasteiger charge is 2.50. The Bertz CT molecular complexity index is 435. The number of rotatable bonds is 6. The van der Waals surface area contributed by atoms with E-state index in [2.05, 4.69) is 35.6 Å². The molecule has 0 aromatic heterocycles. The lowest BCUT2D eigenvalue weighted by Crippen LogP contribution is -2.46. The van der Waals surface area contributed by atoms with Crippen molar-refractivity contribution in [2.24, 2.45) is 23.2 Å². The summed E-state index contributed by atoms with van der Waals surface area (Å²) in [6, 6.07) is 10.8. The quantitative estimate of drug-likeness (QED) is 0.711. The molecular weight excluding hydrogens is 290 g/mol. The maximum atomic E-state index is 3.63. The van der Waals surface area contributed by atoms with Gasteiger partial charge in [-0.15, -0.1) is 12.4 Å². The molecule has 1 N–H and O–H groups in total. The van der Waals surface area contributed by atoms with Gasteiger partial charge in [0.15, 0.2) is 0 Å². The summed E-state index contributed by atoms with van der Waals surface area (Å²) in [5.41, 5.74) is 2.18. The van der Waals surface area contributed by atoms with Crippen molar-refractivity contribution in [1.82, 2.24) is 5.32 Å². The molecule has 0 atom stereocenters. The zero-order valence-electron chi connectivity index (χ0n) is 13.6. The van der Waals surface area contributed by atoms with Crippen LogP contribution in [0, 0.1) is 23.2 Å². The third-order valence-electron chi connectivity index (χ3n) is 6.40. The van der Waals surface area contributed by atoms with Crippen molar-refractivity contribution in [3.8, 4) is 0 Å². The summed E-state index contributed by atoms with van der Waals surface area (Å²) < 4.78 is 0. The largest absolute Gasteiger partial charge is 0.313 e. The SMILES string of the molecule is Cl.c1ccc(CNCCCC23CC4CC(CC(C4)C2)C3)cc1. The molecule has 4 aliphatic carbocycles. The van der Waals surface area contributed by atoms with Gasteiger partial charge in [-0.05, 0) is 86.6 Å². The smallest absolute Gasteiger partial charge is 0.0205 e. The Kier molecular flexibility index (Phi) is 5.14. The van der Waals surface area contributed by atoms with E-state index >= 15 is 0 Å². The van der Waals surface area contributed by atoms with E-state index in [-0.39, 0.29) is 12.4 Å². The summed E-state index contributed by atoms with van der Waals surface area (Å²) in [7, 11) is 0. The second-order valence-electron chi connectivity index (χ2n) is 8.18. The van der Waals surface area contributed by atoms with Crippen molar-refractivity contribution in [3.63, 3.8) is 0 Å². The third kappa shape index (κ3) is 3.51. The van der Waals surface area contributed by atoms with E-state index in [1.54, 1.807) is 38.5 Å². The number of halogens is 1. The van der Waals surface area contributed by atoms with Gasteiger partial charge in [0.2, 0.25) is 0 Å². The highest BCUT2D eigenvalue weighted by atomic mass is 35.5. The Morgan fingerprint density at radius 3 is 2.09 bits per heavy atom. The first-order chi connectivity index (χ1) is 10.3. The molecule has 4 bridgehead atoms. The van der Waals surface area contributed by atoms with Crippen LogP contribution in [0.3, 0.4) is 0 Å². The summed E-state index contributed by atoms with van der Waals surface area (Å²) in [6.45, 7) is 2.22. The molecule has 0 radical (unpaired) electrons. The minimum Gasteiger partial charge on any atom is -0.313 e.